The van der Waals surface area contributed by atoms with Crippen LogP contribution in [0.1, 0.15) is 103 Å². The van der Waals surface area contributed by atoms with E-state index in [0.29, 0.717) is 64.2 Å². The first-order valence-electron chi connectivity index (χ1n) is 24.6. The summed E-state index contributed by atoms with van der Waals surface area (Å²) in [5.74, 6) is -5.92. The Balaban J connectivity index is 1.37. The van der Waals surface area contributed by atoms with Gasteiger partial charge in [0, 0.05) is 54.4 Å². The number of nitrogens with two attached hydrogens (primary N) is 2. The van der Waals surface area contributed by atoms with Gasteiger partial charge in [-0.25, -0.2) is 0 Å². The maximum Gasteiger partial charge on any atom is 0.243 e. The van der Waals surface area contributed by atoms with Crippen LogP contribution >= 0.6 is 0 Å². The summed E-state index contributed by atoms with van der Waals surface area (Å²) < 4.78 is 0. The Labute approximate surface area is 399 Å². The van der Waals surface area contributed by atoms with Crippen molar-refractivity contribution in [1.82, 2.24) is 50.7 Å². The van der Waals surface area contributed by atoms with Gasteiger partial charge in [-0.1, -0.05) is 38.5 Å². The van der Waals surface area contributed by atoms with Crippen molar-refractivity contribution in [1.29, 1.82) is 0 Å². The molecule has 3 aliphatic heterocycles. The van der Waals surface area contributed by atoms with Crippen molar-refractivity contribution >= 4 is 59.1 Å². The van der Waals surface area contributed by atoms with Crippen LogP contribution in [0.25, 0.3) is 0 Å². The molecule has 0 unspecified atom stereocenters. The summed E-state index contributed by atoms with van der Waals surface area (Å²) in [4.78, 5) is 145. The average Bonchev–Trinajstić information content (AvgIpc) is 3.35. The number of amides is 10. The third-order valence-electron chi connectivity index (χ3n) is 14.6. The molecule has 2 aliphatic carbocycles. The number of hydrogen-bond acceptors (Lipinski definition) is 12. The standard InChI is InChI=1S/C46H76N12O10/c1-53-27-37(61)55(3)39(29-15-7-5-8-16-29)43(65)49-23-31(47)46(68)58-22-14-12-20-34(58)42(64)52-26-36(60)54(2)28-38(62)56(4)40(30-17-9-6-10-18-30)44(66)50-24-32(48)45(67)57-21-13-11-19-33(57)41(63)51-25-35(53)59/h29-34,39-40H,5-28,47-48H2,1-4H3,(H,49,65)(H,50,66)(H,51,63)(H,52,64)/t31-,32-,33+,34+,39+,40+/m1/s1. The second-order valence-electron chi connectivity index (χ2n) is 19.4. The highest BCUT2D eigenvalue weighted by atomic mass is 16.2. The lowest BCUT2D eigenvalue weighted by Gasteiger charge is -2.38. The molecule has 0 aromatic rings. The summed E-state index contributed by atoms with van der Waals surface area (Å²) in [6.07, 6.45) is 11.2. The maximum absolute atomic E-state index is 14.0. The molecule has 5 rings (SSSR count). The number of fused-ring (bicyclic) bond motifs is 2. The Morgan fingerprint density at radius 3 is 1.10 bits per heavy atom. The largest absolute Gasteiger partial charge is 0.352 e. The van der Waals surface area contributed by atoms with Crippen LogP contribution in [0.15, 0.2) is 0 Å². The van der Waals surface area contributed by atoms with Crippen LogP contribution in [-0.2, 0) is 47.9 Å². The first kappa shape index (κ1) is 53.6. The third-order valence-corrected chi connectivity index (χ3v) is 14.6. The number of hydrogen-bond donors (Lipinski definition) is 6. The van der Waals surface area contributed by atoms with Crippen LogP contribution < -0.4 is 32.7 Å². The summed E-state index contributed by atoms with van der Waals surface area (Å²) in [5, 5.41) is 10.8. The topological polar surface area (TPSA) is 290 Å². The number of nitrogens with zero attached hydrogens (tertiary/aromatic N) is 6. The van der Waals surface area contributed by atoms with E-state index in [2.05, 4.69) is 21.3 Å². The lowest BCUT2D eigenvalue weighted by Crippen LogP contribution is -2.60. The fourth-order valence-electron chi connectivity index (χ4n) is 10.4. The maximum atomic E-state index is 14.0. The van der Waals surface area contributed by atoms with Gasteiger partial charge in [0.1, 0.15) is 36.3 Å². The molecule has 0 aromatic heterocycles. The van der Waals surface area contributed by atoms with E-state index < -0.39 is 122 Å². The van der Waals surface area contributed by atoms with Crippen molar-refractivity contribution < 1.29 is 47.9 Å². The Kier molecular flexibility index (Phi) is 19.9. The van der Waals surface area contributed by atoms with Gasteiger partial charge in [0.2, 0.25) is 59.1 Å². The normalized spacial score (nSPS) is 29.6. The number of nitrogens with one attached hydrogen (secondary N) is 4. The first-order valence-corrected chi connectivity index (χ1v) is 24.6. The SMILES string of the molecule is CN1CC(=O)N(C)[C@@H](C2CCCCC2)C(=O)NC[C@@H](N)C(=O)N2CCCC[C@H]2C(=O)NCC(=O)N(C)CC(=O)N(C)[C@@H](C2CCCCC2)C(=O)NC[C@@H](N)C(=O)N2CCCC[C@H]2C(=O)NCC1=O. The molecule has 380 valence electrons. The van der Waals surface area contributed by atoms with Gasteiger partial charge in [-0.05, 0) is 76.0 Å². The minimum absolute atomic E-state index is 0.201. The lowest BCUT2D eigenvalue weighted by atomic mass is 9.82. The van der Waals surface area contributed by atoms with Gasteiger partial charge in [-0.2, -0.15) is 0 Å². The molecule has 22 heteroatoms. The van der Waals surface area contributed by atoms with Crippen molar-refractivity contribution in [3.05, 3.63) is 0 Å². The first-order chi connectivity index (χ1) is 32.4. The van der Waals surface area contributed by atoms with Gasteiger partial charge >= 0.3 is 0 Å². The average molecular weight is 957 g/mol. The fraction of sp³-hybridized carbons (Fsp3) is 0.783. The van der Waals surface area contributed by atoms with E-state index in [9.17, 15) is 47.9 Å². The number of likely N-dealkylation sites (N-methyl/N-ethyl adjacent to an activating group) is 4. The van der Waals surface area contributed by atoms with Crippen molar-refractivity contribution in [2.24, 2.45) is 23.3 Å². The molecule has 0 radical (unpaired) electrons. The molecule has 8 N–H and O–H groups in total. The van der Waals surface area contributed by atoms with Crippen LogP contribution in [-0.4, -0.2) is 205 Å². The van der Waals surface area contributed by atoms with E-state index in [1.54, 1.807) is 0 Å². The zero-order valence-electron chi connectivity index (χ0n) is 40.5. The molecule has 0 spiro atoms. The number of rotatable bonds is 2. The van der Waals surface area contributed by atoms with E-state index in [1.165, 1.54) is 47.8 Å². The molecule has 0 aromatic carbocycles. The zero-order valence-corrected chi connectivity index (χ0v) is 40.5. The fourth-order valence-corrected chi connectivity index (χ4v) is 10.4. The predicted octanol–water partition coefficient (Wildman–Crippen LogP) is -2.39. The second kappa shape index (κ2) is 25.3. The molecule has 2 saturated carbocycles. The molecule has 68 heavy (non-hydrogen) atoms. The Bertz CT molecular complexity index is 1730. The molecule has 5 aliphatic rings. The van der Waals surface area contributed by atoms with Crippen molar-refractivity contribution in [2.45, 2.75) is 139 Å². The lowest BCUT2D eigenvalue weighted by molar-refractivity contribution is -0.146. The molecule has 3 saturated heterocycles. The molecular weight excluding hydrogens is 881 g/mol. The minimum atomic E-state index is -1.24. The third kappa shape index (κ3) is 13.9. The summed E-state index contributed by atoms with van der Waals surface area (Å²) in [7, 11) is 5.81. The van der Waals surface area contributed by atoms with E-state index >= 15 is 0 Å². The molecule has 10 amide bonds. The number of carbonyl (C=O) groups is 10. The highest BCUT2D eigenvalue weighted by molar-refractivity contribution is 5.96. The number of piperidine rings is 2. The highest BCUT2D eigenvalue weighted by Crippen LogP contribution is 2.31. The summed E-state index contributed by atoms with van der Waals surface area (Å²) in [6.45, 7) is -1.86. The predicted molar refractivity (Wildman–Crippen MR) is 248 cm³/mol. The van der Waals surface area contributed by atoms with E-state index in [0.717, 1.165) is 48.3 Å². The summed E-state index contributed by atoms with van der Waals surface area (Å²) in [6, 6.07) is -6.23. The molecule has 22 nitrogen and oxygen atoms in total. The monoisotopic (exact) mass is 957 g/mol. The van der Waals surface area contributed by atoms with Gasteiger partial charge in [0.15, 0.2) is 0 Å². The van der Waals surface area contributed by atoms with Gasteiger partial charge < -0.3 is 62.1 Å². The van der Waals surface area contributed by atoms with Crippen LogP contribution in [0.4, 0.5) is 0 Å². The number of carbonyl (C=O) groups excluding carboxylic acids is 10. The van der Waals surface area contributed by atoms with Crippen molar-refractivity contribution in [3.8, 4) is 0 Å². The van der Waals surface area contributed by atoms with E-state index in [4.69, 9.17) is 11.5 Å². The molecule has 5 fully saturated rings. The Morgan fingerprint density at radius 2 is 0.750 bits per heavy atom. The minimum Gasteiger partial charge on any atom is -0.352 e. The van der Waals surface area contributed by atoms with Crippen LogP contribution in [0.3, 0.4) is 0 Å². The quantitative estimate of drug-likeness (QED) is 0.169. The Morgan fingerprint density at radius 1 is 0.412 bits per heavy atom. The van der Waals surface area contributed by atoms with E-state index in [1.807, 2.05) is 0 Å². The Hall–Kier alpha value is -5.38. The van der Waals surface area contributed by atoms with Crippen molar-refractivity contribution in [3.63, 3.8) is 0 Å². The van der Waals surface area contributed by atoms with Crippen LogP contribution in [0.2, 0.25) is 0 Å². The van der Waals surface area contributed by atoms with Crippen LogP contribution in [0, 0.1) is 11.8 Å². The smallest absolute Gasteiger partial charge is 0.243 e. The van der Waals surface area contributed by atoms with Gasteiger partial charge in [0.25, 0.3) is 0 Å². The van der Waals surface area contributed by atoms with Crippen molar-refractivity contribution in [2.75, 3.05) is 80.5 Å². The molecule has 0 bridgehead atoms. The van der Waals surface area contributed by atoms with Gasteiger partial charge in [0.05, 0.1) is 26.2 Å². The zero-order chi connectivity index (χ0) is 49.7. The van der Waals surface area contributed by atoms with E-state index in [-0.39, 0.29) is 38.0 Å². The van der Waals surface area contributed by atoms with Crippen LogP contribution in [0.5, 0.6) is 0 Å². The summed E-state index contributed by atoms with van der Waals surface area (Å²) in [5.41, 5.74) is 12.8. The molecule has 3 heterocycles. The van der Waals surface area contributed by atoms with Gasteiger partial charge in [-0.15, -0.1) is 0 Å². The molecular formula is C46H76N12O10. The van der Waals surface area contributed by atoms with Gasteiger partial charge in [-0.3, -0.25) is 47.9 Å². The molecule has 6 atom stereocenters. The highest BCUT2D eigenvalue weighted by Gasteiger charge is 2.41. The second-order valence-corrected chi connectivity index (χ2v) is 19.4. The summed E-state index contributed by atoms with van der Waals surface area (Å²) >= 11 is 0.